The maximum atomic E-state index is 11.2. The Hall–Kier alpha value is -1.97. The molecule has 4 nitrogen and oxygen atoms in total. The minimum atomic E-state index is -0.281. The molecule has 0 spiro atoms. The quantitative estimate of drug-likeness (QED) is 0.898. The molecular formula is C15H20N2O2. The second-order valence-electron chi connectivity index (χ2n) is 5.13. The van der Waals surface area contributed by atoms with Gasteiger partial charge in [-0.05, 0) is 32.0 Å². The lowest BCUT2D eigenvalue weighted by atomic mass is 10.1. The van der Waals surface area contributed by atoms with Crippen molar-refractivity contribution in [2.45, 2.75) is 33.4 Å². The molecule has 4 heteroatoms. The average Bonchev–Trinajstić information content (AvgIpc) is 2.73. The van der Waals surface area contributed by atoms with Crippen molar-refractivity contribution in [2.75, 3.05) is 0 Å². The molecular weight excluding hydrogens is 240 g/mol. The fourth-order valence-electron chi connectivity index (χ4n) is 2.10. The van der Waals surface area contributed by atoms with Gasteiger partial charge in [-0.1, -0.05) is 13.0 Å². The molecule has 2 N–H and O–H groups in total. The first-order valence-electron chi connectivity index (χ1n) is 6.53. The van der Waals surface area contributed by atoms with E-state index in [2.05, 4.69) is 0 Å². The van der Waals surface area contributed by atoms with Crippen LogP contribution in [-0.2, 0) is 11.3 Å². The minimum absolute atomic E-state index is 0.137. The summed E-state index contributed by atoms with van der Waals surface area (Å²) in [6.45, 7) is 6.43. The van der Waals surface area contributed by atoms with Crippen LogP contribution in [0.2, 0.25) is 0 Å². The molecule has 0 saturated carbocycles. The molecule has 1 heterocycles. The van der Waals surface area contributed by atoms with Gasteiger partial charge in [0.25, 0.3) is 0 Å². The van der Waals surface area contributed by atoms with Crippen molar-refractivity contribution in [3.63, 3.8) is 0 Å². The first kappa shape index (κ1) is 13.5. The molecule has 1 atom stereocenters. The summed E-state index contributed by atoms with van der Waals surface area (Å²) in [5, 5.41) is 1.06. The Kier molecular flexibility index (Phi) is 3.79. The molecule has 0 aliphatic rings. The highest BCUT2D eigenvalue weighted by atomic mass is 16.5. The average molecular weight is 260 g/mol. The van der Waals surface area contributed by atoms with E-state index in [9.17, 15) is 4.79 Å². The molecule has 2 aromatic rings. The van der Waals surface area contributed by atoms with Crippen LogP contribution in [0.1, 0.15) is 20.8 Å². The van der Waals surface area contributed by atoms with Crippen molar-refractivity contribution in [1.82, 2.24) is 4.57 Å². The van der Waals surface area contributed by atoms with Gasteiger partial charge in [-0.25, -0.2) is 0 Å². The highest BCUT2D eigenvalue weighted by molar-refractivity contribution is 5.86. The summed E-state index contributed by atoms with van der Waals surface area (Å²) in [6.07, 6.45) is 2.11. The third kappa shape index (κ3) is 2.89. The van der Waals surface area contributed by atoms with Crippen molar-refractivity contribution in [3.05, 3.63) is 30.5 Å². The van der Waals surface area contributed by atoms with Gasteiger partial charge < -0.3 is 15.0 Å². The van der Waals surface area contributed by atoms with E-state index in [4.69, 9.17) is 10.5 Å². The maximum Gasteiger partial charge on any atom is 0.222 e. The van der Waals surface area contributed by atoms with Crippen LogP contribution in [0.25, 0.3) is 10.9 Å². The van der Waals surface area contributed by atoms with Crippen LogP contribution in [0, 0.1) is 5.92 Å². The number of primary amides is 1. The van der Waals surface area contributed by atoms with Crippen molar-refractivity contribution in [1.29, 1.82) is 0 Å². The smallest absolute Gasteiger partial charge is 0.222 e. The van der Waals surface area contributed by atoms with Crippen molar-refractivity contribution >= 4 is 16.8 Å². The van der Waals surface area contributed by atoms with Crippen molar-refractivity contribution < 1.29 is 9.53 Å². The Morgan fingerprint density at radius 3 is 2.68 bits per heavy atom. The Balaban J connectivity index is 2.35. The third-order valence-corrected chi connectivity index (χ3v) is 3.09. The fourth-order valence-corrected chi connectivity index (χ4v) is 2.10. The zero-order chi connectivity index (χ0) is 14.0. The molecule has 0 bridgehead atoms. The molecule has 1 aromatic heterocycles. The van der Waals surface area contributed by atoms with E-state index in [1.54, 1.807) is 0 Å². The van der Waals surface area contributed by atoms with Gasteiger partial charge in [0.2, 0.25) is 5.91 Å². The van der Waals surface area contributed by atoms with Gasteiger partial charge in [0.05, 0.1) is 17.5 Å². The summed E-state index contributed by atoms with van der Waals surface area (Å²) < 4.78 is 7.83. The van der Waals surface area contributed by atoms with Gasteiger partial charge in [-0.2, -0.15) is 0 Å². The molecule has 0 saturated heterocycles. The standard InChI is InChI=1S/C15H20N2O2/c1-10(2)19-14-6-4-5-13-12(14)7-8-17(13)9-11(3)15(16)18/h4-8,10-11H,9H2,1-3H3,(H2,16,18). The number of nitrogens with zero attached hydrogens (tertiary/aromatic N) is 1. The van der Waals surface area contributed by atoms with Gasteiger partial charge in [-0.3, -0.25) is 4.79 Å². The van der Waals surface area contributed by atoms with E-state index in [1.807, 2.05) is 55.8 Å². The number of amides is 1. The molecule has 2 rings (SSSR count). The summed E-state index contributed by atoms with van der Waals surface area (Å²) in [4.78, 5) is 11.2. The second-order valence-corrected chi connectivity index (χ2v) is 5.13. The van der Waals surface area contributed by atoms with Gasteiger partial charge in [0, 0.05) is 18.1 Å². The van der Waals surface area contributed by atoms with E-state index >= 15 is 0 Å². The number of fused-ring (bicyclic) bond motifs is 1. The van der Waals surface area contributed by atoms with Gasteiger partial charge in [-0.15, -0.1) is 0 Å². The first-order chi connectivity index (χ1) is 8.99. The monoisotopic (exact) mass is 260 g/mol. The fraction of sp³-hybridized carbons (Fsp3) is 0.400. The number of aromatic nitrogens is 1. The minimum Gasteiger partial charge on any atom is -0.490 e. The number of carbonyl (C=O) groups excluding carboxylic acids is 1. The van der Waals surface area contributed by atoms with E-state index in [1.165, 1.54) is 0 Å². The van der Waals surface area contributed by atoms with E-state index in [0.717, 1.165) is 16.7 Å². The number of carbonyl (C=O) groups is 1. The zero-order valence-electron chi connectivity index (χ0n) is 11.6. The van der Waals surface area contributed by atoms with E-state index in [0.29, 0.717) is 6.54 Å². The number of hydrogen-bond donors (Lipinski definition) is 1. The summed E-state index contributed by atoms with van der Waals surface area (Å²) in [7, 11) is 0. The number of hydrogen-bond acceptors (Lipinski definition) is 2. The lowest BCUT2D eigenvalue weighted by Gasteiger charge is -2.12. The molecule has 1 amide bonds. The molecule has 19 heavy (non-hydrogen) atoms. The number of rotatable bonds is 5. The first-order valence-corrected chi connectivity index (χ1v) is 6.53. The summed E-state index contributed by atoms with van der Waals surface area (Å²) >= 11 is 0. The molecule has 0 aliphatic heterocycles. The van der Waals surface area contributed by atoms with Crippen molar-refractivity contribution in [2.24, 2.45) is 11.7 Å². The van der Waals surface area contributed by atoms with Crippen molar-refractivity contribution in [3.8, 4) is 5.75 Å². The molecule has 0 fully saturated rings. The number of benzene rings is 1. The normalized spacial score (nSPS) is 12.8. The van der Waals surface area contributed by atoms with Crippen LogP contribution in [-0.4, -0.2) is 16.6 Å². The second kappa shape index (κ2) is 5.34. The predicted octanol–water partition coefficient (Wildman–Crippen LogP) is 2.55. The lowest BCUT2D eigenvalue weighted by molar-refractivity contribution is -0.121. The Morgan fingerprint density at radius 1 is 1.32 bits per heavy atom. The van der Waals surface area contributed by atoms with Crippen LogP contribution in [0.4, 0.5) is 0 Å². The molecule has 102 valence electrons. The Bertz CT molecular complexity index is 587. The highest BCUT2D eigenvalue weighted by Gasteiger charge is 2.12. The number of ether oxygens (including phenoxy) is 1. The van der Waals surface area contributed by atoms with Crippen LogP contribution >= 0.6 is 0 Å². The van der Waals surface area contributed by atoms with Crippen LogP contribution in [0.5, 0.6) is 5.75 Å². The molecule has 0 radical (unpaired) electrons. The third-order valence-electron chi connectivity index (χ3n) is 3.09. The molecule has 0 aliphatic carbocycles. The molecule has 1 unspecified atom stereocenters. The van der Waals surface area contributed by atoms with Gasteiger partial charge in [0.15, 0.2) is 0 Å². The van der Waals surface area contributed by atoms with Crippen LogP contribution < -0.4 is 10.5 Å². The van der Waals surface area contributed by atoms with E-state index in [-0.39, 0.29) is 17.9 Å². The predicted molar refractivity (Wildman–Crippen MR) is 76.1 cm³/mol. The van der Waals surface area contributed by atoms with Gasteiger partial charge in [0.1, 0.15) is 5.75 Å². The van der Waals surface area contributed by atoms with E-state index < -0.39 is 0 Å². The van der Waals surface area contributed by atoms with Crippen LogP contribution in [0.3, 0.4) is 0 Å². The van der Waals surface area contributed by atoms with Gasteiger partial charge >= 0.3 is 0 Å². The summed E-state index contributed by atoms with van der Waals surface area (Å²) in [5.41, 5.74) is 6.38. The summed E-state index contributed by atoms with van der Waals surface area (Å²) in [6, 6.07) is 7.96. The maximum absolute atomic E-state index is 11.2. The van der Waals surface area contributed by atoms with Crippen LogP contribution in [0.15, 0.2) is 30.5 Å². The Labute approximate surface area is 113 Å². The Morgan fingerprint density at radius 2 is 2.05 bits per heavy atom. The lowest BCUT2D eigenvalue weighted by Crippen LogP contribution is -2.24. The highest BCUT2D eigenvalue weighted by Crippen LogP contribution is 2.27. The molecule has 1 aromatic carbocycles. The zero-order valence-corrected chi connectivity index (χ0v) is 11.6. The number of nitrogens with two attached hydrogens (primary N) is 1. The summed E-state index contributed by atoms with van der Waals surface area (Å²) in [5.74, 6) is 0.402. The SMILES string of the molecule is CC(C)Oc1cccc2c1ccn2CC(C)C(N)=O. The topological polar surface area (TPSA) is 57.2 Å². The largest absolute Gasteiger partial charge is 0.490 e.